The number of hydrogen-bond acceptors (Lipinski definition) is 10. The van der Waals surface area contributed by atoms with Gasteiger partial charge in [-0.1, -0.05) is 180 Å². The number of esters is 4. The van der Waals surface area contributed by atoms with Crippen molar-refractivity contribution in [2.24, 2.45) is 0 Å². The molecule has 0 unspecified atom stereocenters. The molecule has 1 aliphatic heterocycles. The Hall–Kier alpha value is -2.20. The minimum absolute atomic E-state index is 0.0749. The van der Waals surface area contributed by atoms with Gasteiger partial charge in [-0.25, -0.2) is 0 Å². The Bertz CT molecular complexity index is 986. The molecule has 1 fully saturated rings. The fourth-order valence-electron chi connectivity index (χ4n) is 7.61. The third-order valence-corrected chi connectivity index (χ3v) is 10.5. The van der Waals surface area contributed by atoms with Gasteiger partial charge in [0, 0.05) is 34.1 Å². The van der Waals surface area contributed by atoms with E-state index < -0.39 is 54.1 Å². The molecule has 0 bridgehead atoms. The molecule has 0 radical (unpaired) electrons. The number of hydrogen-bond donors (Lipinski definition) is 1. The Kier molecular flexibility index (Phi) is 29.5. The van der Waals surface area contributed by atoms with E-state index in [4.69, 9.17) is 23.7 Å². The van der Waals surface area contributed by atoms with Crippen molar-refractivity contribution in [1.82, 2.24) is 0 Å². The van der Waals surface area contributed by atoms with Crippen LogP contribution in [-0.4, -0.2) is 65.8 Å². The maximum absolute atomic E-state index is 12.1. The summed E-state index contributed by atoms with van der Waals surface area (Å²) in [5.74, 6) is -4.82. The van der Waals surface area contributed by atoms with Gasteiger partial charge in [-0.05, 0) is 6.42 Å². The van der Waals surface area contributed by atoms with Gasteiger partial charge in [-0.2, -0.15) is 0 Å². The molecular weight excluding hydrogens is 688 g/mol. The molecule has 0 aliphatic carbocycles. The fourth-order valence-corrected chi connectivity index (χ4v) is 7.61. The van der Waals surface area contributed by atoms with Gasteiger partial charge in [0.2, 0.25) is 5.79 Å². The van der Waals surface area contributed by atoms with E-state index in [0.717, 1.165) is 26.2 Å². The molecule has 0 spiro atoms. The molecule has 1 heterocycles. The van der Waals surface area contributed by atoms with Crippen molar-refractivity contribution in [1.29, 1.82) is 0 Å². The van der Waals surface area contributed by atoms with Crippen LogP contribution < -0.4 is 0 Å². The molecule has 54 heavy (non-hydrogen) atoms. The lowest BCUT2D eigenvalue weighted by molar-refractivity contribution is -0.354. The molecule has 0 aromatic rings. The highest BCUT2D eigenvalue weighted by molar-refractivity contribution is 5.68. The molecule has 0 saturated carbocycles. The quantitative estimate of drug-likeness (QED) is 0.0383. The van der Waals surface area contributed by atoms with Gasteiger partial charge in [0.1, 0.15) is 12.7 Å². The largest absolute Gasteiger partial charge is 0.463 e. The standard InChI is InChI=1S/C44H80O10/c1-6-7-8-9-10-11-12-13-14-15-16-17-18-19-20-21-22-23-24-25-26-27-28-29-30-31-32-33-34-44(49)43(53-39(5)48)42(52-38(4)47)41(51-37(3)46)40(54-44)35-50-36(2)45/h40-43,49H,6-35H2,1-5H3/t40-,41-,42+,43-,44-/m1/s1. The molecule has 10 heteroatoms. The van der Waals surface area contributed by atoms with E-state index in [9.17, 15) is 24.3 Å². The molecule has 1 saturated heterocycles. The van der Waals surface area contributed by atoms with Crippen molar-refractivity contribution in [3.8, 4) is 0 Å². The van der Waals surface area contributed by atoms with E-state index in [0.29, 0.717) is 6.42 Å². The first kappa shape index (κ1) is 49.8. The zero-order valence-electron chi connectivity index (χ0n) is 35.1. The van der Waals surface area contributed by atoms with E-state index in [1.807, 2.05) is 0 Å². The van der Waals surface area contributed by atoms with Crippen molar-refractivity contribution in [2.75, 3.05) is 6.61 Å². The van der Waals surface area contributed by atoms with E-state index in [-0.39, 0.29) is 13.0 Å². The summed E-state index contributed by atoms with van der Waals surface area (Å²) in [5.41, 5.74) is 0. The molecule has 0 amide bonds. The van der Waals surface area contributed by atoms with E-state index in [1.165, 1.54) is 175 Å². The smallest absolute Gasteiger partial charge is 0.303 e. The van der Waals surface area contributed by atoms with Crippen LogP contribution in [0.25, 0.3) is 0 Å². The van der Waals surface area contributed by atoms with Crippen LogP contribution in [0.15, 0.2) is 0 Å². The van der Waals surface area contributed by atoms with Crippen LogP contribution in [-0.2, 0) is 42.9 Å². The molecule has 1 N–H and O–H groups in total. The number of carbonyl (C=O) groups is 4. The van der Waals surface area contributed by atoms with Gasteiger partial charge in [0.25, 0.3) is 0 Å². The Morgan fingerprint density at radius 3 is 1.09 bits per heavy atom. The molecule has 10 nitrogen and oxygen atoms in total. The normalized spacial score (nSPS) is 21.1. The average molecular weight is 769 g/mol. The lowest BCUT2D eigenvalue weighted by Gasteiger charge is -2.48. The summed E-state index contributed by atoms with van der Waals surface area (Å²) in [5, 5.41) is 11.7. The van der Waals surface area contributed by atoms with E-state index in [1.54, 1.807) is 0 Å². The summed E-state index contributed by atoms with van der Waals surface area (Å²) < 4.78 is 27.3. The van der Waals surface area contributed by atoms with Crippen LogP contribution in [0.4, 0.5) is 0 Å². The summed E-state index contributed by atoms with van der Waals surface area (Å²) in [4.78, 5) is 47.6. The maximum Gasteiger partial charge on any atom is 0.303 e. The zero-order chi connectivity index (χ0) is 39.9. The van der Waals surface area contributed by atoms with Crippen molar-refractivity contribution in [2.45, 2.75) is 251 Å². The number of ether oxygens (including phenoxy) is 5. The number of unbranched alkanes of at least 4 members (excludes halogenated alkanes) is 27. The minimum Gasteiger partial charge on any atom is -0.463 e. The van der Waals surface area contributed by atoms with Crippen LogP contribution >= 0.6 is 0 Å². The van der Waals surface area contributed by atoms with Gasteiger partial charge < -0.3 is 28.8 Å². The predicted octanol–water partition coefficient (Wildman–Crippen LogP) is 10.8. The first-order valence-electron chi connectivity index (χ1n) is 22.0. The summed E-state index contributed by atoms with van der Waals surface area (Å²) >= 11 is 0. The first-order valence-corrected chi connectivity index (χ1v) is 22.0. The second-order valence-corrected chi connectivity index (χ2v) is 15.8. The highest BCUT2D eigenvalue weighted by atomic mass is 16.7. The third-order valence-electron chi connectivity index (χ3n) is 10.5. The molecule has 0 aromatic carbocycles. The second-order valence-electron chi connectivity index (χ2n) is 15.8. The molecule has 5 atom stereocenters. The van der Waals surface area contributed by atoms with E-state index >= 15 is 0 Å². The molecular formula is C44H80O10. The monoisotopic (exact) mass is 769 g/mol. The summed E-state index contributed by atoms with van der Waals surface area (Å²) in [7, 11) is 0. The summed E-state index contributed by atoms with van der Waals surface area (Å²) in [6.07, 6.45) is 31.4. The SMILES string of the molecule is CCCCCCCCCCCCCCCCCCCCCCCCCCCCCC[C@@]1(O)O[C@H](COC(C)=O)[C@@H](OC(C)=O)[C@H](OC(C)=O)[C@H]1OC(C)=O. The van der Waals surface area contributed by atoms with Gasteiger partial charge >= 0.3 is 23.9 Å². The van der Waals surface area contributed by atoms with Crippen LogP contribution in [0.3, 0.4) is 0 Å². The number of aliphatic hydroxyl groups is 1. The third kappa shape index (κ3) is 25.1. The van der Waals surface area contributed by atoms with Crippen molar-refractivity contribution < 1.29 is 48.0 Å². The van der Waals surface area contributed by atoms with Crippen molar-refractivity contribution >= 4 is 23.9 Å². The van der Waals surface area contributed by atoms with Gasteiger partial charge in [-0.3, -0.25) is 19.2 Å². The van der Waals surface area contributed by atoms with Crippen molar-refractivity contribution in [3.63, 3.8) is 0 Å². The number of carbonyl (C=O) groups excluding carboxylic acids is 4. The highest BCUT2D eigenvalue weighted by Crippen LogP contribution is 2.37. The average Bonchev–Trinajstić information content (AvgIpc) is 3.11. The van der Waals surface area contributed by atoms with Crippen LogP contribution in [0.1, 0.15) is 221 Å². The Morgan fingerprint density at radius 1 is 0.463 bits per heavy atom. The van der Waals surface area contributed by atoms with E-state index in [2.05, 4.69) is 6.92 Å². The Labute approximate surface area is 328 Å². The maximum atomic E-state index is 12.1. The lowest BCUT2D eigenvalue weighted by atomic mass is 9.88. The molecule has 1 rings (SSSR count). The Balaban J connectivity index is 2.17. The highest BCUT2D eigenvalue weighted by Gasteiger charge is 2.59. The fraction of sp³-hybridized carbons (Fsp3) is 0.909. The van der Waals surface area contributed by atoms with Crippen LogP contribution in [0.2, 0.25) is 0 Å². The van der Waals surface area contributed by atoms with Gasteiger partial charge in [0.05, 0.1) is 0 Å². The molecule has 316 valence electrons. The van der Waals surface area contributed by atoms with Crippen LogP contribution in [0.5, 0.6) is 0 Å². The topological polar surface area (TPSA) is 135 Å². The Morgan fingerprint density at radius 2 is 0.778 bits per heavy atom. The van der Waals surface area contributed by atoms with Gasteiger partial charge in [-0.15, -0.1) is 0 Å². The number of rotatable bonds is 34. The predicted molar refractivity (Wildman–Crippen MR) is 213 cm³/mol. The summed E-state index contributed by atoms with van der Waals surface area (Å²) in [6, 6.07) is 0. The van der Waals surface area contributed by atoms with Gasteiger partial charge in [0.15, 0.2) is 18.3 Å². The van der Waals surface area contributed by atoms with Crippen LogP contribution in [0, 0.1) is 0 Å². The van der Waals surface area contributed by atoms with Crippen molar-refractivity contribution in [3.05, 3.63) is 0 Å². The first-order chi connectivity index (χ1) is 26.0. The summed E-state index contributed by atoms with van der Waals surface area (Å²) in [6.45, 7) is 6.63. The zero-order valence-corrected chi connectivity index (χ0v) is 35.1. The second kappa shape index (κ2) is 31.9. The lowest BCUT2D eigenvalue weighted by Crippen LogP contribution is -2.68. The molecule has 1 aliphatic rings. The minimum atomic E-state index is -2.06. The molecule has 0 aromatic heterocycles.